The van der Waals surface area contributed by atoms with Crippen LogP contribution in [0.4, 0.5) is 5.69 Å². The molecule has 1 heterocycles. The Morgan fingerprint density at radius 3 is 2.81 bits per heavy atom. The van der Waals surface area contributed by atoms with E-state index in [9.17, 15) is 10.1 Å². The highest BCUT2D eigenvalue weighted by Gasteiger charge is 2.18. The molecule has 5 nitrogen and oxygen atoms in total. The molecule has 0 bridgehead atoms. The average Bonchev–Trinajstić information content (AvgIpc) is 3.01. The summed E-state index contributed by atoms with van der Waals surface area (Å²) in [5.41, 5.74) is 0.640. The van der Waals surface area contributed by atoms with E-state index in [4.69, 9.17) is 17.5 Å². The van der Waals surface area contributed by atoms with Crippen molar-refractivity contribution < 1.29 is 4.92 Å². The summed E-state index contributed by atoms with van der Waals surface area (Å²) < 4.78 is 0.709. The maximum Gasteiger partial charge on any atom is 0.270 e. The van der Waals surface area contributed by atoms with Gasteiger partial charge in [0.05, 0.1) is 11.0 Å². The molecule has 1 saturated heterocycles. The van der Waals surface area contributed by atoms with Crippen molar-refractivity contribution in [2.75, 3.05) is 13.1 Å². The lowest BCUT2D eigenvalue weighted by molar-refractivity contribution is -0.384. The third-order valence-electron chi connectivity index (χ3n) is 3.10. The SMILES string of the molecule is N#CC=C(SC(=S)N1CCCC1)c1cccc([N+](=O)[O-])c1. The molecule has 7 heteroatoms. The van der Waals surface area contributed by atoms with Gasteiger partial charge in [-0.1, -0.05) is 36.1 Å². The minimum Gasteiger partial charge on any atom is -0.357 e. The Hall–Kier alpha value is -1.91. The van der Waals surface area contributed by atoms with E-state index in [1.165, 1.54) is 30.0 Å². The molecule has 0 saturated carbocycles. The van der Waals surface area contributed by atoms with E-state index in [2.05, 4.69) is 4.90 Å². The van der Waals surface area contributed by atoms with E-state index in [1.54, 1.807) is 12.1 Å². The minimum atomic E-state index is -0.447. The Balaban J connectivity index is 2.21. The van der Waals surface area contributed by atoms with Crippen LogP contribution >= 0.6 is 24.0 Å². The van der Waals surface area contributed by atoms with Crippen molar-refractivity contribution in [3.8, 4) is 6.07 Å². The highest BCUT2D eigenvalue weighted by Crippen LogP contribution is 2.32. The third kappa shape index (κ3) is 4.03. The number of nitro groups is 1. The molecule has 0 amide bonds. The predicted molar refractivity (Wildman–Crippen MR) is 87.7 cm³/mol. The summed E-state index contributed by atoms with van der Waals surface area (Å²) in [6.07, 6.45) is 3.62. The van der Waals surface area contributed by atoms with Crippen LogP contribution in [0.2, 0.25) is 0 Å². The Morgan fingerprint density at radius 1 is 1.48 bits per heavy atom. The highest BCUT2D eigenvalue weighted by molar-refractivity contribution is 8.29. The van der Waals surface area contributed by atoms with E-state index in [0.29, 0.717) is 14.8 Å². The van der Waals surface area contributed by atoms with E-state index in [1.807, 2.05) is 6.07 Å². The highest BCUT2D eigenvalue weighted by atomic mass is 32.2. The zero-order chi connectivity index (χ0) is 15.2. The summed E-state index contributed by atoms with van der Waals surface area (Å²) in [7, 11) is 0. The van der Waals surface area contributed by atoms with Crippen LogP contribution in [0.5, 0.6) is 0 Å². The van der Waals surface area contributed by atoms with Crippen molar-refractivity contribution >= 4 is 38.9 Å². The second-order valence-electron chi connectivity index (χ2n) is 4.51. The molecule has 1 aromatic rings. The lowest BCUT2D eigenvalue weighted by Gasteiger charge is -2.18. The third-order valence-corrected chi connectivity index (χ3v) is 4.61. The van der Waals surface area contributed by atoms with Crippen LogP contribution in [0.3, 0.4) is 0 Å². The topological polar surface area (TPSA) is 70.2 Å². The molecule has 1 aliphatic rings. The molecule has 0 N–H and O–H groups in total. The molecule has 0 atom stereocenters. The van der Waals surface area contributed by atoms with Crippen LogP contribution in [0, 0.1) is 21.4 Å². The lowest BCUT2D eigenvalue weighted by Crippen LogP contribution is -2.23. The molecule has 1 fully saturated rings. The van der Waals surface area contributed by atoms with Crippen LogP contribution in [0.1, 0.15) is 18.4 Å². The first kappa shape index (κ1) is 15.5. The first-order valence-electron chi connectivity index (χ1n) is 6.43. The number of nitriles is 1. The number of nitro benzene ring substituents is 1. The number of benzene rings is 1. The number of nitrogens with zero attached hydrogens (tertiary/aromatic N) is 3. The number of thioether (sulfide) groups is 1. The number of hydrogen-bond donors (Lipinski definition) is 0. The van der Waals surface area contributed by atoms with E-state index < -0.39 is 4.92 Å². The van der Waals surface area contributed by atoms with Crippen molar-refractivity contribution in [3.63, 3.8) is 0 Å². The van der Waals surface area contributed by atoms with Gasteiger partial charge in [0, 0.05) is 36.2 Å². The summed E-state index contributed by atoms with van der Waals surface area (Å²) >= 11 is 6.71. The summed E-state index contributed by atoms with van der Waals surface area (Å²) in [6, 6.07) is 8.22. The van der Waals surface area contributed by atoms with E-state index in [-0.39, 0.29) is 5.69 Å². The summed E-state index contributed by atoms with van der Waals surface area (Å²) in [5, 5.41) is 19.8. The zero-order valence-corrected chi connectivity index (χ0v) is 12.8. The Labute approximate surface area is 132 Å². The van der Waals surface area contributed by atoms with Gasteiger partial charge in [-0.3, -0.25) is 10.1 Å². The van der Waals surface area contributed by atoms with Crippen LogP contribution in [0.25, 0.3) is 4.91 Å². The number of hydrogen-bond acceptors (Lipinski definition) is 5. The first-order chi connectivity index (χ1) is 10.1. The number of thiocarbonyl (C=S) groups is 1. The second-order valence-corrected chi connectivity index (χ2v) is 6.18. The first-order valence-corrected chi connectivity index (χ1v) is 7.65. The molecule has 21 heavy (non-hydrogen) atoms. The maximum absolute atomic E-state index is 10.8. The van der Waals surface area contributed by atoms with Gasteiger partial charge in [0.15, 0.2) is 0 Å². The molecular weight excluding hydrogens is 306 g/mol. The number of non-ortho nitro benzene ring substituents is 1. The van der Waals surface area contributed by atoms with Gasteiger partial charge >= 0.3 is 0 Å². The Kier molecular flexibility index (Phi) is 5.31. The monoisotopic (exact) mass is 319 g/mol. The van der Waals surface area contributed by atoms with Crippen LogP contribution < -0.4 is 0 Å². The quantitative estimate of drug-likeness (QED) is 0.367. The van der Waals surface area contributed by atoms with Gasteiger partial charge in [-0.15, -0.1) is 0 Å². The normalized spacial score (nSPS) is 14.8. The molecule has 108 valence electrons. The van der Waals surface area contributed by atoms with Crippen molar-refractivity contribution in [3.05, 3.63) is 46.0 Å². The largest absolute Gasteiger partial charge is 0.357 e. The fourth-order valence-electron chi connectivity index (χ4n) is 2.06. The van der Waals surface area contributed by atoms with Crippen LogP contribution in [0.15, 0.2) is 30.3 Å². The second kappa shape index (κ2) is 7.20. The Morgan fingerprint density at radius 2 is 2.19 bits per heavy atom. The van der Waals surface area contributed by atoms with Gasteiger partial charge in [-0.05, 0) is 18.4 Å². The van der Waals surface area contributed by atoms with Gasteiger partial charge in [-0.2, -0.15) is 5.26 Å². The van der Waals surface area contributed by atoms with Crippen molar-refractivity contribution in [1.29, 1.82) is 5.26 Å². The average molecular weight is 319 g/mol. The molecule has 0 radical (unpaired) electrons. The summed E-state index contributed by atoms with van der Waals surface area (Å²) in [6.45, 7) is 1.86. The van der Waals surface area contributed by atoms with E-state index >= 15 is 0 Å². The van der Waals surface area contributed by atoms with E-state index in [0.717, 1.165) is 25.9 Å². The van der Waals surface area contributed by atoms with Crippen molar-refractivity contribution in [2.45, 2.75) is 12.8 Å². The zero-order valence-electron chi connectivity index (χ0n) is 11.2. The Bertz CT molecular complexity index is 631. The molecular formula is C14H13N3O2S2. The van der Waals surface area contributed by atoms with Gasteiger partial charge in [-0.25, -0.2) is 0 Å². The van der Waals surface area contributed by atoms with Crippen LogP contribution in [-0.2, 0) is 0 Å². The predicted octanol–water partition coefficient (Wildman–Crippen LogP) is 3.57. The lowest BCUT2D eigenvalue weighted by atomic mass is 10.2. The van der Waals surface area contributed by atoms with Crippen LogP contribution in [-0.4, -0.2) is 27.2 Å². The molecule has 0 aromatic heterocycles. The fourth-order valence-corrected chi connectivity index (χ4v) is 3.37. The number of allylic oxidation sites excluding steroid dienone is 1. The molecule has 0 unspecified atom stereocenters. The summed E-state index contributed by atoms with van der Waals surface area (Å²) in [5.74, 6) is 0. The van der Waals surface area contributed by atoms with Gasteiger partial charge in [0.1, 0.15) is 4.32 Å². The number of likely N-dealkylation sites (tertiary alicyclic amines) is 1. The van der Waals surface area contributed by atoms with Gasteiger partial charge < -0.3 is 4.90 Å². The van der Waals surface area contributed by atoms with Crippen molar-refractivity contribution in [1.82, 2.24) is 4.90 Å². The molecule has 1 aliphatic heterocycles. The number of rotatable bonds is 3. The smallest absolute Gasteiger partial charge is 0.270 e. The fraction of sp³-hybridized carbons (Fsp3) is 0.286. The summed E-state index contributed by atoms with van der Waals surface area (Å²) in [4.78, 5) is 13.1. The van der Waals surface area contributed by atoms with Gasteiger partial charge in [0.25, 0.3) is 5.69 Å². The molecule has 1 aromatic carbocycles. The molecule has 2 rings (SSSR count). The maximum atomic E-state index is 10.8. The molecule has 0 aliphatic carbocycles. The standard InChI is InChI=1S/C14H13N3O2S2/c15-7-6-13(21-14(20)16-8-1-2-9-16)11-4-3-5-12(10-11)17(18)19/h3-6,10H,1-2,8-9H2. The van der Waals surface area contributed by atoms with Crippen molar-refractivity contribution in [2.24, 2.45) is 0 Å². The minimum absolute atomic E-state index is 0.00373. The molecule has 0 spiro atoms. The van der Waals surface area contributed by atoms with Gasteiger partial charge in [0.2, 0.25) is 0 Å².